The molecule has 2 aliphatic heterocycles. The van der Waals surface area contributed by atoms with Gasteiger partial charge in [0.05, 0.1) is 18.1 Å². The van der Waals surface area contributed by atoms with Crippen molar-refractivity contribution in [3.63, 3.8) is 0 Å². The summed E-state index contributed by atoms with van der Waals surface area (Å²) in [7, 11) is -3.71. The second-order valence-corrected chi connectivity index (χ2v) is 10.6. The van der Waals surface area contributed by atoms with Crippen LogP contribution in [0.5, 0.6) is 0 Å². The fourth-order valence-electron chi connectivity index (χ4n) is 4.45. The number of benzene rings is 2. The molecule has 33 heavy (non-hydrogen) atoms. The van der Waals surface area contributed by atoms with E-state index in [4.69, 9.17) is 4.74 Å². The molecule has 0 aliphatic carbocycles. The molecule has 8 heteroatoms. The van der Waals surface area contributed by atoms with E-state index in [-0.39, 0.29) is 17.3 Å². The zero-order valence-corrected chi connectivity index (χ0v) is 19.8. The molecule has 2 saturated heterocycles. The smallest absolute Gasteiger partial charge is 0.253 e. The van der Waals surface area contributed by atoms with Gasteiger partial charge < -0.3 is 9.64 Å². The minimum atomic E-state index is -3.71. The van der Waals surface area contributed by atoms with Gasteiger partial charge in [-0.05, 0) is 55.5 Å². The van der Waals surface area contributed by atoms with Crippen LogP contribution in [0, 0.1) is 5.92 Å². The van der Waals surface area contributed by atoms with Gasteiger partial charge in [-0.3, -0.25) is 9.69 Å². The van der Waals surface area contributed by atoms with Crippen molar-refractivity contribution in [1.29, 1.82) is 0 Å². The first kappa shape index (κ1) is 23.9. The molecule has 0 radical (unpaired) electrons. The predicted octanol–water partition coefficient (Wildman–Crippen LogP) is 2.74. The topological polar surface area (TPSA) is 79.0 Å². The highest BCUT2D eigenvalue weighted by atomic mass is 32.2. The quantitative estimate of drug-likeness (QED) is 0.641. The highest BCUT2D eigenvalue weighted by Crippen LogP contribution is 2.23. The Balaban J connectivity index is 1.30. The van der Waals surface area contributed by atoms with E-state index in [1.54, 1.807) is 12.1 Å². The minimum Gasteiger partial charge on any atom is -0.379 e. The fraction of sp³-hybridized carbons (Fsp3) is 0.480. The summed E-state index contributed by atoms with van der Waals surface area (Å²) in [4.78, 5) is 17.5. The van der Waals surface area contributed by atoms with Crippen LogP contribution in [0.1, 0.15) is 35.2 Å². The lowest BCUT2D eigenvalue weighted by Gasteiger charge is -2.34. The summed E-state index contributed by atoms with van der Waals surface area (Å²) in [5, 5.41) is 0. The van der Waals surface area contributed by atoms with Crippen LogP contribution in [0.2, 0.25) is 0 Å². The molecule has 2 aromatic rings. The maximum absolute atomic E-state index is 13.1. The van der Waals surface area contributed by atoms with E-state index in [1.807, 2.05) is 35.2 Å². The molecule has 178 valence electrons. The van der Waals surface area contributed by atoms with E-state index in [1.165, 1.54) is 12.1 Å². The molecule has 0 atom stereocenters. The molecule has 0 aromatic heterocycles. The molecule has 1 N–H and O–H groups in total. The lowest BCUT2D eigenvalue weighted by molar-refractivity contribution is 0.0332. The van der Waals surface area contributed by atoms with Gasteiger partial charge in [-0.2, -0.15) is 0 Å². The van der Waals surface area contributed by atoms with Crippen molar-refractivity contribution in [3.8, 4) is 0 Å². The standard InChI is InChI=1S/C25H33N3O4S/c29-25(28-13-10-21(11-14-28)9-12-27-15-17-32-18-16-27)23-7-4-8-24(19-23)33(30,31)26-20-22-5-2-1-3-6-22/h1-8,19,21,26H,9-18,20H2. The zero-order chi connectivity index (χ0) is 23.1. The SMILES string of the molecule is O=C(c1cccc(S(=O)(=O)NCc2ccccc2)c1)N1CCC(CCN2CCOCC2)CC1. The molecule has 7 nitrogen and oxygen atoms in total. The van der Waals surface area contributed by atoms with Crippen molar-refractivity contribution in [2.45, 2.75) is 30.7 Å². The number of rotatable bonds is 8. The van der Waals surface area contributed by atoms with Crippen LogP contribution >= 0.6 is 0 Å². The molecule has 0 bridgehead atoms. The third kappa shape index (κ3) is 6.63. The number of amides is 1. The number of carbonyl (C=O) groups is 1. The summed E-state index contributed by atoms with van der Waals surface area (Å²) in [5.74, 6) is 0.535. The van der Waals surface area contributed by atoms with Crippen LogP contribution in [-0.2, 0) is 21.3 Å². The van der Waals surface area contributed by atoms with E-state index < -0.39 is 10.0 Å². The number of sulfonamides is 1. The lowest BCUT2D eigenvalue weighted by Crippen LogP contribution is -2.40. The summed E-state index contributed by atoms with van der Waals surface area (Å²) in [5.41, 5.74) is 1.30. The molecule has 0 unspecified atom stereocenters. The van der Waals surface area contributed by atoms with E-state index in [0.717, 1.165) is 70.8 Å². The maximum Gasteiger partial charge on any atom is 0.253 e. The number of piperidine rings is 1. The van der Waals surface area contributed by atoms with Crippen molar-refractivity contribution < 1.29 is 17.9 Å². The van der Waals surface area contributed by atoms with Gasteiger partial charge >= 0.3 is 0 Å². The van der Waals surface area contributed by atoms with Crippen molar-refractivity contribution in [3.05, 3.63) is 65.7 Å². The highest BCUT2D eigenvalue weighted by Gasteiger charge is 2.25. The molecular weight excluding hydrogens is 438 g/mol. The molecule has 0 saturated carbocycles. The number of likely N-dealkylation sites (tertiary alicyclic amines) is 1. The van der Waals surface area contributed by atoms with Crippen LogP contribution in [0.25, 0.3) is 0 Å². The third-order valence-electron chi connectivity index (χ3n) is 6.56. The summed E-state index contributed by atoms with van der Waals surface area (Å²) in [6.07, 6.45) is 3.14. The van der Waals surface area contributed by atoms with Crippen LogP contribution in [0.4, 0.5) is 0 Å². The van der Waals surface area contributed by atoms with Crippen LogP contribution in [0.3, 0.4) is 0 Å². The molecule has 1 amide bonds. The van der Waals surface area contributed by atoms with Crippen LogP contribution < -0.4 is 4.72 Å². The van der Waals surface area contributed by atoms with Gasteiger partial charge in [-0.1, -0.05) is 36.4 Å². The molecular formula is C25H33N3O4S. The lowest BCUT2D eigenvalue weighted by atomic mass is 9.93. The fourth-order valence-corrected chi connectivity index (χ4v) is 5.51. The third-order valence-corrected chi connectivity index (χ3v) is 7.96. The molecule has 0 spiro atoms. The maximum atomic E-state index is 13.1. The van der Waals surface area contributed by atoms with E-state index in [9.17, 15) is 13.2 Å². The van der Waals surface area contributed by atoms with E-state index in [2.05, 4.69) is 9.62 Å². The Morgan fingerprint density at radius 1 is 0.970 bits per heavy atom. The van der Waals surface area contributed by atoms with Crippen LogP contribution in [-0.4, -0.2) is 70.1 Å². The molecule has 2 fully saturated rings. The summed E-state index contributed by atoms with van der Waals surface area (Å²) in [6, 6.07) is 15.7. The van der Waals surface area contributed by atoms with Crippen molar-refractivity contribution in [1.82, 2.24) is 14.5 Å². The van der Waals surface area contributed by atoms with Gasteiger partial charge in [0.25, 0.3) is 5.91 Å². The number of hydrogen-bond donors (Lipinski definition) is 1. The van der Waals surface area contributed by atoms with Crippen molar-refractivity contribution in [2.75, 3.05) is 45.9 Å². The minimum absolute atomic E-state index is 0.0956. The Labute approximate surface area is 196 Å². The van der Waals surface area contributed by atoms with Crippen molar-refractivity contribution in [2.24, 2.45) is 5.92 Å². The number of carbonyl (C=O) groups excluding carboxylic acids is 1. The Hall–Kier alpha value is -2.26. The van der Waals surface area contributed by atoms with E-state index >= 15 is 0 Å². The molecule has 4 rings (SSSR count). The van der Waals surface area contributed by atoms with Gasteiger partial charge in [0.15, 0.2) is 0 Å². The molecule has 2 aromatic carbocycles. The monoisotopic (exact) mass is 471 g/mol. The predicted molar refractivity (Wildman–Crippen MR) is 127 cm³/mol. The first-order valence-electron chi connectivity index (χ1n) is 11.7. The van der Waals surface area contributed by atoms with Crippen LogP contribution in [0.15, 0.2) is 59.5 Å². The van der Waals surface area contributed by atoms with Gasteiger partial charge in [-0.15, -0.1) is 0 Å². The van der Waals surface area contributed by atoms with E-state index in [0.29, 0.717) is 11.5 Å². The second kappa shape index (κ2) is 11.2. The first-order valence-corrected chi connectivity index (χ1v) is 13.2. The molecule has 2 heterocycles. The number of nitrogens with zero attached hydrogens (tertiary/aromatic N) is 2. The normalized spacial score (nSPS) is 18.4. The Kier molecular flexibility index (Phi) is 8.14. The largest absolute Gasteiger partial charge is 0.379 e. The average Bonchev–Trinajstić information content (AvgIpc) is 2.87. The van der Waals surface area contributed by atoms with Gasteiger partial charge in [0, 0.05) is 38.3 Å². The Bertz CT molecular complexity index is 1010. The number of morpholine rings is 1. The van der Waals surface area contributed by atoms with Crippen molar-refractivity contribution >= 4 is 15.9 Å². The number of hydrogen-bond acceptors (Lipinski definition) is 5. The zero-order valence-electron chi connectivity index (χ0n) is 19.0. The summed E-state index contributed by atoms with van der Waals surface area (Å²) in [6.45, 7) is 6.41. The van der Waals surface area contributed by atoms with Gasteiger partial charge in [0.2, 0.25) is 10.0 Å². The van der Waals surface area contributed by atoms with Gasteiger partial charge in [-0.25, -0.2) is 13.1 Å². The second-order valence-electron chi connectivity index (χ2n) is 8.82. The summed E-state index contributed by atoms with van der Waals surface area (Å²) < 4.78 is 33.5. The number of nitrogens with one attached hydrogen (secondary N) is 1. The first-order chi connectivity index (χ1) is 16.0. The van der Waals surface area contributed by atoms with Gasteiger partial charge in [0.1, 0.15) is 0 Å². The Morgan fingerprint density at radius 2 is 1.70 bits per heavy atom. The Morgan fingerprint density at radius 3 is 2.42 bits per heavy atom. The number of ether oxygens (including phenoxy) is 1. The highest BCUT2D eigenvalue weighted by molar-refractivity contribution is 7.89. The molecule has 2 aliphatic rings. The average molecular weight is 472 g/mol. The summed E-state index contributed by atoms with van der Waals surface area (Å²) >= 11 is 0.